The van der Waals surface area contributed by atoms with E-state index in [4.69, 9.17) is 0 Å². The van der Waals surface area contributed by atoms with Crippen LogP contribution in [0.5, 0.6) is 0 Å². The predicted octanol–water partition coefficient (Wildman–Crippen LogP) is 3.07. The molecule has 1 heterocycles. The van der Waals surface area contributed by atoms with Gasteiger partial charge in [0.1, 0.15) is 0 Å². The fourth-order valence-corrected chi connectivity index (χ4v) is 3.00. The van der Waals surface area contributed by atoms with Crippen LogP contribution >= 0.6 is 0 Å². The van der Waals surface area contributed by atoms with E-state index in [1.165, 1.54) is 37.2 Å². The summed E-state index contributed by atoms with van der Waals surface area (Å²) in [6.07, 6.45) is 1.63. The molecule has 0 spiro atoms. The first-order valence-electron chi connectivity index (χ1n) is 8.41. The van der Waals surface area contributed by atoms with Gasteiger partial charge in [0.05, 0.1) is 6.54 Å². The molecule has 1 aliphatic carbocycles. The van der Waals surface area contributed by atoms with E-state index in [1.807, 2.05) is 6.92 Å². The van der Waals surface area contributed by atoms with Gasteiger partial charge in [-0.3, -0.25) is 4.68 Å². The van der Waals surface area contributed by atoms with Crippen LogP contribution in [0.2, 0.25) is 0 Å². The summed E-state index contributed by atoms with van der Waals surface area (Å²) in [5, 5.41) is 9.88. The average molecular weight is 345 g/mol. The first-order valence-corrected chi connectivity index (χ1v) is 8.41. The van der Waals surface area contributed by atoms with Crippen molar-refractivity contribution >= 4 is 5.96 Å². The molecule has 1 aromatic rings. The Bertz CT molecular complexity index is 567. The Morgan fingerprint density at radius 3 is 2.54 bits per heavy atom. The molecule has 0 radical (unpaired) electrons. The summed E-state index contributed by atoms with van der Waals surface area (Å²) in [4.78, 5) is 4.31. The van der Waals surface area contributed by atoms with Gasteiger partial charge in [0.15, 0.2) is 11.7 Å². The molecule has 0 saturated heterocycles. The highest BCUT2D eigenvalue weighted by molar-refractivity contribution is 5.79. The number of rotatable bonds is 6. The predicted molar refractivity (Wildman–Crippen MR) is 87.6 cm³/mol. The van der Waals surface area contributed by atoms with E-state index in [2.05, 4.69) is 27.6 Å². The maximum atomic E-state index is 13.0. The molecule has 1 saturated carbocycles. The smallest absolute Gasteiger partial charge is 0.357 e. The average Bonchev–Trinajstić information content (AvgIpc) is 2.85. The molecule has 1 aromatic heterocycles. The van der Waals surface area contributed by atoms with E-state index in [0.29, 0.717) is 17.9 Å². The lowest BCUT2D eigenvalue weighted by Crippen LogP contribution is -2.46. The van der Waals surface area contributed by atoms with Crippen molar-refractivity contribution in [1.29, 1.82) is 0 Å². The lowest BCUT2D eigenvalue weighted by atomic mass is 9.67. The number of hydrogen-bond acceptors (Lipinski definition) is 2. The lowest BCUT2D eigenvalue weighted by molar-refractivity contribution is -0.142. The summed E-state index contributed by atoms with van der Waals surface area (Å²) in [5.41, 5.74) is -0.480. The van der Waals surface area contributed by atoms with Crippen molar-refractivity contribution in [2.75, 3.05) is 13.1 Å². The Labute approximate surface area is 140 Å². The Morgan fingerprint density at radius 2 is 2.04 bits per heavy atom. The molecule has 0 aliphatic heterocycles. The summed E-state index contributed by atoms with van der Waals surface area (Å²) in [6, 6.07) is 0. The van der Waals surface area contributed by atoms with Gasteiger partial charge >= 0.3 is 6.18 Å². The number of alkyl halides is 3. The van der Waals surface area contributed by atoms with Gasteiger partial charge in [-0.25, -0.2) is 4.99 Å². The molecular weight excluding hydrogens is 319 g/mol. The lowest BCUT2D eigenvalue weighted by Gasteiger charge is -2.41. The Hall–Kier alpha value is -1.73. The number of halogens is 3. The summed E-state index contributed by atoms with van der Waals surface area (Å²) in [5.74, 6) is 0.550. The third kappa shape index (κ3) is 4.42. The number of guanidine groups is 1. The van der Waals surface area contributed by atoms with E-state index in [-0.39, 0.29) is 12.1 Å². The summed E-state index contributed by atoms with van der Waals surface area (Å²) in [7, 11) is 1.48. The highest BCUT2D eigenvalue weighted by atomic mass is 19.4. The summed E-state index contributed by atoms with van der Waals surface area (Å²) < 4.78 is 40.1. The molecule has 0 aromatic carbocycles. The number of aliphatic imine (C=N–C) groups is 1. The van der Waals surface area contributed by atoms with Crippen LogP contribution in [0.3, 0.4) is 0 Å². The zero-order chi connectivity index (χ0) is 17.8. The molecule has 24 heavy (non-hydrogen) atoms. The van der Waals surface area contributed by atoms with Gasteiger partial charge in [-0.15, -0.1) is 0 Å². The number of aryl methyl sites for hydroxylation is 1. The van der Waals surface area contributed by atoms with Gasteiger partial charge in [-0.2, -0.15) is 18.3 Å². The first-order chi connectivity index (χ1) is 11.3. The molecule has 2 rings (SSSR count). The van der Waals surface area contributed by atoms with Crippen LogP contribution < -0.4 is 10.6 Å². The van der Waals surface area contributed by atoms with Gasteiger partial charge in [0.25, 0.3) is 0 Å². The minimum atomic E-state index is -4.46. The second-order valence-electron chi connectivity index (χ2n) is 6.43. The number of aromatic nitrogens is 2. The van der Waals surface area contributed by atoms with Gasteiger partial charge in [-0.1, -0.05) is 13.3 Å². The largest absolute Gasteiger partial charge is 0.435 e. The molecule has 5 nitrogen and oxygen atoms in total. The van der Waals surface area contributed by atoms with Crippen molar-refractivity contribution in [3.8, 4) is 0 Å². The monoisotopic (exact) mass is 345 g/mol. The van der Waals surface area contributed by atoms with Gasteiger partial charge in [0.2, 0.25) is 0 Å². The van der Waals surface area contributed by atoms with Crippen LogP contribution in [0.25, 0.3) is 0 Å². The number of nitrogens with one attached hydrogen (secondary N) is 2. The van der Waals surface area contributed by atoms with Crippen LogP contribution in [-0.2, 0) is 19.8 Å². The third-order valence-corrected chi connectivity index (χ3v) is 4.72. The van der Waals surface area contributed by atoms with Crippen LogP contribution in [-0.4, -0.2) is 28.8 Å². The van der Waals surface area contributed by atoms with Crippen LogP contribution in [0.1, 0.15) is 50.8 Å². The second kappa shape index (κ2) is 7.44. The molecule has 2 N–H and O–H groups in total. The third-order valence-electron chi connectivity index (χ3n) is 4.72. The van der Waals surface area contributed by atoms with E-state index < -0.39 is 11.9 Å². The van der Waals surface area contributed by atoms with E-state index in [9.17, 15) is 13.2 Å². The van der Waals surface area contributed by atoms with E-state index in [1.54, 1.807) is 0 Å². The Morgan fingerprint density at radius 1 is 1.33 bits per heavy atom. The maximum absolute atomic E-state index is 13.0. The second-order valence-corrected chi connectivity index (χ2v) is 6.43. The first kappa shape index (κ1) is 18.6. The molecule has 1 fully saturated rings. The summed E-state index contributed by atoms with van der Waals surface area (Å²) >= 11 is 0. The maximum Gasteiger partial charge on any atom is 0.435 e. The molecule has 136 valence electrons. The van der Waals surface area contributed by atoms with Crippen molar-refractivity contribution in [3.63, 3.8) is 0 Å². The fourth-order valence-electron chi connectivity index (χ4n) is 3.00. The zero-order valence-electron chi connectivity index (χ0n) is 14.5. The van der Waals surface area contributed by atoms with Crippen molar-refractivity contribution in [1.82, 2.24) is 20.4 Å². The van der Waals surface area contributed by atoms with Crippen LogP contribution in [0.15, 0.2) is 11.2 Å². The van der Waals surface area contributed by atoms with Crippen molar-refractivity contribution < 1.29 is 13.2 Å². The van der Waals surface area contributed by atoms with Gasteiger partial charge < -0.3 is 10.6 Å². The number of nitrogens with zero attached hydrogens (tertiary/aromatic N) is 3. The van der Waals surface area contributed by atoms with Crippen molar-refractivity contribution in [3.05, 3.63) is 17.5 Å². The molecule has 0 unspecified atom stereocenters. The standard InChI is InChI=1S/C16H26F3N5/c1-4-15(7-6-8-15)11-22-14(20-5-2)21-9-12-10-24(3)23-13(12)16(17,18)19/h10H,4-9,11H2,1-3H3,(H2,20,21,22). The fraction of sp³-hybridized carbons (Fsp3) is 0.750. The normalized spacial score (nSPS) is 17.5. The van der Waals surface area contributed by atoms with Gasteiger partial charge in [0, 0.05) is 31.9 Å². The minimum Gasteiger partial charge on any atom is -0.357 e. The van der Waals surface area contributed by atoms with Gasteiger partial charge in [-0.05, 0) is 31.6 Å². The van der Waals surface area contributed by atoms with Crippen molar-refractivity contribution in [2.45, 2.75) is 52.3 Å². The topological polar surface area (TPSA) is 54.2 Å². The highest BCUT2D eigenvalue weighted by Gasteiger charge is 2.37. The zero-order valence-corrected chi connectivity index (χ0v) is 14.5. The number of hydrogen-bond donors (Lipinski definition) is 2. The highest BCUT2D eigenvalue weighted by Crippen LogP contribution is 2.43. The molecule has 0 amide bonds. The molecular formula is C16H26F3N5. The van der Waals surface area contributed by atoms with E-state index in [0.717, 1.165) is 13.0 Å². The summed E-state index contributed by atoms with van der Waals surface area (Å²) in [6.45, 7) is 5.51. The molecule has 0 atom stereocenters. The minimum absolute atomic E-state index is 0.0584. The molecule has 1 aliphatic rings. The van der Waals surface area contributed by atoms with Crippen LogP contribution in [0, 0.1) is 5.41 Å². The Kier molecular flexibility index (Phi) is 5.77. The quantitative estimate of drug-likeness (QED) is 0.615. The van der Waals surface area contributed by atoms with Crippen LogP contribution in [0.4, 0.5) is 13.2 Å². The SMILES string of the molecule is CCNC(=NCc1cn(C)nc1C(F)(F)F)NCC1(CC)CCC1. The Balaban J connectivity index is 2.06. The van der Waals surface area contributed by atoms with E-state index >= 15 is 0 Å². The molecule has 8 heteroatoms. The molecule has 0 bridgehead atoms. The van der Waals surface area contributed by atoms with Crippen molar-refractivity contribution in [2.24, 2.45) is 17.5 Å².